The first-order valence-electron chi connectivity index (χ1n) is 6.14. The van der Waals surface area contributed by atoms with Gasteiger partial charge in [0.15, 0.2) is 11.5 Å². The van der Waals surface area contributed by atoms with E-state index >= 15 is 0 Å². The molecule has 0 atom stereocenters. The predicted octanol–water partition coefficient (Wildman–Crippen LogP) is 4.92. The van der Waals surface area contributed by atoms with Crippen molar-refractivity contribution < 1.29 is 14.3 Å². The third-order valence-electron chi connectivity index (χ3n) is 2.90. The van der Waals surface area contributed by atoms with Crippen molar-refractivity contribution in [1.29, 1.82) is 0 Å². The molecule has 4 nitrogen and oxygen atoms in total. The number of hydrogen-bond donors (Lipinski definition) is 1. The van der Waals surface area contributed by atoms with E-state index in [1.54, 1.807) is 18.2 Å². The Morgan fingerprint density at radius 1 is 0.955 bits per heavy atom. The zero-order valence-electron chi connectivity index (χ0n) is 11.7. The van der Waals surface area contributed by atoms with Crippen LogP contribution < -0.4 is 14.8 Å². The number of halogens is 3. The highest BCUT2D eigenvalue weighted by molar-refractivity contribution is 6.37. The van der Waals surface area contributed by atoms with Crippen LogP contribution in [0.1, 0.15) is 10.4 Å². The zero-order valence-corrected chi connectivity index (χ0v) is 14.0. The molecule has 0 unspecified atom stereocenters. The Kier molecular flexibility index (Phi) is 5.40. The van der Waals surface area contributed by atoms with Gasteiger partial charge in [0.25, 0.3) is 5.91 Å². The number of carbonyl (C=O) groups excluding carboxylic acids is 1. The molecule has 2 rings (SSSR count). The molecule has 0 aliphatic rings. The van der Waals surface area contributed by atoms with Crippen LogP contribution in [0.3, 0.4) is 0 Å². The van der Waals surface area contributed by atoms with Gasteiger partial charge in [-0.05, 0) is 18.2 Å². The van der Waals surface area contributed by atoms with E-state index in [0.717, 1.165) is 0 Å². The van der Waals surface area contributed by atoms with Crippen molar-refractivity contribution in [3.8, 4) is 11.5 Å². The lowest BCUT2D eigenvalue weighted by Gasteiger charge is -2.13. The Balaban J connectivity index is 2.32. The number of ether oxygens (including phenoxy) is 2. The molecule has 0 saturated carbocycles. The van der Waals surface area contributed by atoms with Crippen molar-refractivity contribution in [1.82, 2.24) is 0 Å². The van der Waals surface area contributed by atoms with Crippen LogP contribution >= 0.6 is 34.8 Å². The second kappa shape index (κ2) is 7.09. The highest BCUT2D eigenvalue weighted by atomic mass is 35.5. The van der Waals surface area contributed by atoms with Gasteiger partial charge in [-0.15, -0.1) is 0 Å². The summed E-state index contributed by atoms with van der Waals surface area (Å²) in [5, 5.41) is 3.70. The Morgan fingerprint density at radius 3 is 2.18 bits per heavy atom. The minimum absolute atomic E-state index is 0.251. The quantitative estimate of drug-likeness (QED) is 0.842. The molecule has 0 aliphatic carbocycles. The van der Waals surface area contributed by atoms with Gasteiger partial charge < -0.3 is 14.8 Å². The van der Waals surface area contributed by atoms with Gasteiger partial charge in [0.1, 0.15) is 0 Å². The van der Waals surface area contributed by atoms with E-state index in [-0.39, 0.29) is 10.6 Å². The number of anilines is 1. The number of rotatable bonds is 4. The molecule has 116 valence electrons. The van der Waals surface area contributed by atoms with Crippen LogP contribution in [-0.2, 0) is 0 Å². The predicted molar refractivity (Wildman–Crippen MR) is 89.0 cm³/mol. The SMILES string of the molecule is COc1cc(Cl)c(NC(=O)c2ccc(Cl)cc2Cl)cc1OC. The zero-order chi connectivity index (χ0) is 16.3. The maximum atomic E-state index is 12.3. The van der Waals surface area contributed by atoms with Crippen LogP contribution in [0, 0.1) is 0 Å². The highest BCUT2D eigenvalue weighted by Gasteiger charge is 2.15. The Hall–Kier alpha value is -1.62. The summed E-state index contributed by atoms with van der Waals surface area (Å²) in [5.74, 6) is 0.509. The third kappa shape index (κ3) is 3.58. The summed E-state index contributed by atoms with van der Waals surface area (Å²) >= 11 is 18.0. The number of nitrogens with one attached hydrogen (secondary N) is 1. The average molecular weight is 361 g/mol. The molecular formula is C15H12Cl3NO3. The summed E-state index contributed by atoms with van der Waals surface area (Å²) in [6.45, 7) is 0. The van der Waals surface area contributed by atoms with Gasteiger partial charge in [-0.3, -0.25) is 4.79 Å². The maximum absolute atomic E-state index is 12.3. The highest BCUT2D eigenvalue weighted by Crippen LogP contribution is 2.36. The molecule has 1 amide bonds. The molecule has 0 fully saturated rings. The standard InChI is InChI=1S/C15H12Cl3NO3/c1-21-13-6-11(18)12(7-14(13)22-2)19-15(20)9-4-3-8(16)5-10(9)17/h3-7H,1-2H3,(H,19,20). The summed E-state index contributed by atoms with van der Waals surface area (Å²) in [6, 6.07) is 7.74. The van der Waals surface area contributed by atoms with Crippen LogP contribution in [0.15, 0.2) is 30.3 Å². The molecule has 0 bridgehead atoms. The summed E-state index contributed by atoms with van der Waals surface area (Å²) in [7, 11) is 2.99. The molecular weight excluding hydrogens is 349 g/mol. The van der Waals surface area contributed by atoms with E-state index < -0.39 is 5.91 Å². The summed E-state index contributed by atoms with van der Waals surface area (Å²) in [5.41, 5.74) is 0.673. The Labute approximate surface area is 142 Å². The van der Waals surface area contributed by atoms with Gasteiger partial charge >= 0.3 is 0 Å². The Bertz CT molecular complexity index is 719. The van der Waals surface area contributed by atoms with Crippen LogP contribution in [0.5, 0.6) is 11.5 Å². The first kappa shape index (κ1) is 16.7. The minimum atomic E-state index is -0.407. The molecule has 0 aromatic heterocycles. The topological polar surface area (TPSA) is 47.6 Å². The van der Waals surface area contributed by atoms with Gasteiger partial charge in [0, 0.05) is 17.2 Å². The van der Waals surface area contributed by atoms with Crippen molar-refractivity contribution in [3.05, 3.63) is 51.0 Å². The summed E-state index contributed by atoms with van der Waals surface area (Å²) < 4.78 is 10.3. The van der Waals surface area contributed by atoms with E-state index in [1.807, 2.05) is 0 Å². The number of amides is 1. The van der Waals surface area contributed by atoms with Gasteiger partial charge in [-0.25, -0.2) is 0 Å². The number of carbonyl (C=O) groups is 1. The van der Waals surface area contributed by atoms with Crippen molar-refractivity contribution >= 4 is 46.4 Å². The second-order valence-electron chi connectivity index (χ2n) is 4.27. The van der Waals surface area contributed by atoms with Gasteiger partial charge in [-0.2, -0.15) is 0 Å². The van der Waals surface area contributed by atoms with E-state index in [4.69, 9.17) is 44.3 Å². The molecule has 22 heavy (non-hydrogen) atoms. The molecule has 2 aromatic rings. The fraction of sp³-hybridized carbons (Fsp3) is 0.133. The van der Waals surface area contributed by atoms with Gasteiger partial charge in [-0.1, -0.05) is 34.8 Å². The fourth-order valence-corrected chi connectivity index (χ4v) is 2.51. The second-order valence-corrected chi connectivity index (χ2v) is 5.52. The molecule has 0 aliphatic heterocycles. The van der Waals surface area contributed by atoms with Crippen molar-refractivity contribution in [2.75, 3.05) is 19.5 Å². The lowest BCUT2D eigenvalue weighted by molar-refractivity contribution is 0.102. The van der Waals surface area contributed by atoms with Crippen molar-refractivity contribution in [2.24, 2.45) is 0 Å². The van der Waals surface area contributed by atoms with E-state index in [0.29, 0.717) is 27.2 Å². The molecule has 7 heteroatoms. The van der Waals surface area contributed by atoms with Crippen molar-refractivity contribution in [2.45, 2.75) is 0 Å². The van der Waals surface area contributed by atoms with E-state index in [2.05, 4.69) is 5.32 Å². The lowest BCUT2D eigenvalue weighted by Crippen LogP contribution is -2.13. The molecule has 0 radical (unpaired) electrons. The van der Waals surface area contributed by atoms with E-state index in [9.17, 15) is 4.79 Å². The first-order valence-corrected chi connectivity index (χ1v) is 7.27. The van der Waals surface area contributed by atoms with Gasteiger partial charge in [0.2, 0.25) is 0 Å². The van der Waals surface area contributed by atoms with Crippen LogP contribution in [0.2, 0.25) is 15.1 Å². The minimum Gasteiger partial charge on any atom is -0.493 e. The van der Waals surface area contributed by atoms with Crippen LogP contribution in [-0.4, -0.2) is 20.1 Å². The molecule has 0 heterocycles. The molecule has 2 aromatic carbocycles. The molecule has 1 N–H and O–H groups in total. The monoisotopic (exact) mass is 359 g/mol. The normalized spacial score (nSPS) is 10.2. The largest absolute Gasteiger partial charge is 0.493 e. The van der Waals surface area contributed by atoms with Crippen LogP contribution in [0.25, 0.3) is 0 Å². The van der Waals surface area contributed by atoms with Crippen molar-refractivity contribution in [3.63, 3.8) is 0 Å². The Morgan fingerprint density at radius 2 is 1.59 bits per heavy atom. The van der Waals surface area contributed by atoms with E-state index in [1.165, 1.54) is 26.4 Å². The first-order chi connectivity index (χ1) is 10.5. The third-order valence-corrected chi connectivity index (χ3v) is 3.76. The van der Waals surface area contributed by atoms with Gasteiger partial charge in [0.05, 0.1) is 35.5 Å². The molecule has 0 spiro atoms. The lowest BCUT2D eigenvalue weighted by atomic mass is 10.2. The molecule has 0 saturated heterocycles. The average Bonchev–Trinajstić information content (AvgIpc) is 2.48. The number of hydrogen-bond acceptors (Lipinski definition) is 3. The summed E-state index contributed by atoms with van der Waals surface area (Å²) in [4.78, 5) is 12.3. The maximum Gasteiger partial charge on any atom is 0.257 e. The smallest absolute Gasteiger partial charge is 0.257 e. The number of benzene rings is 2. The number of methoxy groups -OCH3 is 2. The summed E-state index contributed by atoms with van der Waals surface area (Å²) in [6.07, 6.45) is 0. The fourth-order valence-electron chi connectivity index (χ4n) is 1.81. The van der Waals surface area contributed by atoms with Crippen LogP contribution in [0.4, 0.5) is 5.69 Å².